The molecular weight excluding hydrogens is 268 g/mol. The fourth-order valence-electron chi connectivity index (χ4n) is 1.88. The van der Waals surface area contributed by atoms with Crippen molar-refractivity contribution in [3.8, 4) is 0 Å². The van der Waals surface area contributed by atoms with Crippen LogP contribution < -0.4 is 5.32 Å². The Bertz CT molecular complexity index is 321. The van der Waals surface area contributed by atoms with Gasteiger partial charge in [-0.25, -0.2) is 0 Å². The largest absolute Gasteiger partial charge is 0.453 e. The summed E-state index contributed by atoms with van der Waals surface area (Å²) in [5, 5.41) is 3.42. The van der Waals surface area contributed by atoms with Crippen LogP contribution in [0.15, 0.2) is 21.2 Å². The second-order valence-corrected chi connectivity index (χ2v) is 5.99. The second-order valence-electron chi connectivity index (χ2n) is 5.21. The first kappa shape index (κ1) is 13.7. The highest BCUT2D eigenvalue weighted by atomic mass is 79.9. The van der Waals surface area contributed by atoms with Crippen LogP contribution in [0.25, 0.3) is 0 Å². The maximum absolute atomic E-state index is 5.42. The van der Waals surface area contributed by atoms with Crippen molar-refractivity contribution in [2.45, 2.75) is 20.4 Å². The van der Waals surface area contributed by atoms with E-state index in [1.807, 2.05) is 12.1 Å². The maximum atomic E-state index is 5.42. The quantitative estimate of drug-likeness (QED) is 0.873. The van der Waals surface area contributed by atoms with Crippen LogP contribution in [0.4, 0.5) is 0 Å². The summed E-state index contributed by atoms with van der Waals surface area (Å²) in [6.07, 6.45) is 0. The molecule has 0 atom stereocenters. The minimum atomic E-state index is 0.271. The monoisotopic (exact) mass is 288 g/mol. The van der Waals surface area contributed by atoms with Gasteiger partial charge in [-0.15, -0.1) is 0 Å². The molecule has 1 rings (SSSR count). The highest BCUT2D eigenvalue weighted by molar-refractivity contribution is 9.10. The number of hydrogen-bond acceptors (Lipinski definition) is 3. The Labute approximate surface area is 106 Å². The number of furan rings is 1. The van der Waals surface area contributed by atoms with Gasteiger partial charge in [-0.05, 0) is 47.6 Å². The van der Waals surface area contributed by atoms with E-state index in [0.29, 0.717) is 0 Å². The Morgan fingerprint density at radius 3 is 2.56 bits per heavy atom. The van der Waals surface area contributed by atoms with E-state index in [2.05, 4.69) is 54.1 Å². The molecule has 0 unspecified atom stereocenters. The van der Waals surface area contributed by atoms with Gasteiger partial charge in [0.25, 0.3) is 0 Å². The van der Waals surface area contributed by atoms with E-state index in [0.717, 1.165) is 30.1 Å². The second kappa shape index (κ2) is 5.84. The van der Waals surface area contributed by atoms with Crippen molar-refractivity contribution in [2.24, 2.45) is 5.41 Å². The molecule has 0 aliphatic heterocycles. The molecule has 16 heavy (non-hydrogen) atoms. The minimum absolute atomic E-state index is 0.271. The van der Waals surface area contributed by atoms with Gasteiger partial charge in [0.2, 0.25) is 0 Å². The Kier molecular flexibility index (Phi) is 5.02. The molecule has 0 saturated carbocycles. The SMILES string of the molecule is CN(C)CC(C)(C)CNCc1ccc(Br)o1. The summed E-state index contributed by atoms with van der Waals surface area (Å²) < 4.78 is 6.21. The third kappa shape index (κ3) is 5.14. The molecule has 0 radical (unpaired) electrons. The standard InChI is InChI=1S/C12H21BrN2O/c1-12(2,9-15(3)4)8-14-7-10-5-6-11(13)16-10/h5-6,14H,7-9H2,1-4H3. The molecule has 0 amide bonds. The topological polar surface area (TPSA) is 28.4 Å². The smallest absolute Gasteiger partial charge is 0.169 e. The summed E-state index contributed by atoms with van der Waals surface area (Å²) in [4.78, 5) is 2.21. The van der Waals surface area contributed by atoms with Gasteiger partial charge in [-0.3, -0.25) is 0 Å². The zero-order chi connectivity index (χ0) is 12.2. The van der Waals surface area contributed by atoms with E-state index in [1.54, 1.807) is 0 Å². The van der Waals surface area contributed by atoms with Crippen LogP contribution in [-0.2, 0) is 6.54 Å². The van der Waals surface area contributed by atoms with Crippen LogP contribution in [0.5, 0.6) is 0 Å². The first-order valence-electron chi connectivity index (χ1n) is 5.49. The van der Waals surface area contributed by atoms with Crippen LogP contribution in [-0.4, -0.2) is 32.1 Å². The summed E-state index contributed by atoms with van der Waals surface area (Å²) in [6.45, 7) is 7.35. The molecule has 0 saturated heterocycles. The van der Waals surface area contributed by atoms with Gasteiger partial charge in [-0.1, -0.05) is 13.8 Å². The van der Waals surface area contributed by atoms with Crippen molar-refractivity contribution < 1.29 is 4.42 Å². The van der Waals surface area contributed by atoms with Crippen molar-refractivity contribution in [3.05, 3.63) is 22.6 Å². The van der Waals surface area contributed by atoms with Crippen LogP contribution in [0, 0.1) is 5.41 Å². The number of hydrogen-bond donors (Lipinski definition) is 1. The minimum Gasteiger partial charge on any atom is -0.453 e. The van der Waals surface area contributed by atoms with E-state index in [9.17, 15) is 0 Å². The lowest BCUT2D eigenvalue weighted by atomic mass is 9.93. The van der Waals surface area contributed by atoms with Crippen LogP contribution in [0.3, 0.4) is 0 Å². The lowest BCUT2D eigenvalue weighted by Crippen LogP contribution is -2.37. The maximum Gasteiger partial charge on any atom is 0.169 e. The summed E-state index contributed by atoms with van der Waals surface area (Å²) in [6, 6.07) is 3.90. The Morgan fingerprint density at radius 1 is 1.38 bits per heavy atom. The van der Waals surface area contributed by atoms with Crippen molar-refractivity contribution in [3.63, 3.8) is 0 Å². The van der Waals surface area contributed by atoms with E-state index in [1.165, 1.54) is 0 Å². The van der Waals surface area contributed by atoms with E-state index in [-0.39, 0.29) is 5.41 Å². The first-order valence-corrected chi connectivity index (χ1v) is 6.28. The Morgan fingerprint density at radius 2 is 2.06 bits per heavy atom. The van der Waals surface area contributed by atoms with Crippen molar-refractivity contribution >= 4 is 15.9 Å². The van der Waals surface area contributed by atoms with Crippen molar-refractivity contribution in [1.29, 1.82) is 0 Å². The average Bonchev–Trinajstić information content (AvgIpc) is 2.48. The lowest BCUT2D eigenvalue weighted by Gasteiger charge is -2.28. The first-order chi connectivity index (χ1) is 7.39. The van der Waals surface area contributed by atoms with Crippen LogP contribution >= 0.6 is 15.9 Å². The molecular formula is C12H21BrN2O. The van der Waals surface area contributed by atoms with Gasteiger partial charge in [0.1, 0.15) is 5.76 Å². The summed E-state index contributed by atoms with van der Waals surface area (Å²) in [5.74, 6) is 0.965. The van der Waals surface area contributed by atoms with Crippen LogP contribution in [0.2, 0.25) is 0 Å². The van der Waals surface area contributed by atoms with Crippen molar-refractivity contribution in [1.82, 2.24) is 10.2 Å². The Balaban J connectivity index is 2.29. The molecule has 1 aromatic heterocycles. The molecule has 1 heterocycles. The fraction of sp³-hybridized carbons (Fsp3) is 0.667. The lowest BCUT2D eigenvalue weighted by molar-refractivity contribution is 0.230. The predicted octanol–water partition coefficient (Wildman–Crippen LogP) is 2.72. The third-order valence-electron chi connectivity index (χ3n) is 2.28. The Hall–Kier alpha value is -0.320. The fourth-order valence-corrected chi connectivity index (χ4v) is 2.22. The van der Waals surface area contributed by atoms with E-state index < -0.39 is 0 Å². The number of nitrogens with one attached hydrogen (secondary N) is 1. The predicted molar refractivity (Wildman–Crippen MR) is 70.4 cm³/mol. The number of halogens is 1. The van der Waals surface area contributed by atoms with Gasteiger partial charge in [0, 0.05) is 13.1 Å². The molecule has 3 nitrogen and oxygen atoms in total. The van der Waals surface area contributed by atoms with E-state index in [4.69, 9.17) is 4.42 Å². The molecule has 0 fully saturated rings. The molecule has 0 aliphatic rings. The number of rotatable bonds is 6. The molecule has 1 N–H and O–H groups in total. The van der Waals surface area contributed by atoms with Gasteiger partial charge in [0.15, 0.2) is 4.67 Å². The number of nitrogens with zero attached hydrogens (tertiary/aromatic N) is 1. The average molecular weight is 289 g/mol. The molecule has 0 spiro atoms. The normalized spacial score (nSPS) is 12.4. The zero-order valence-electron chi connectivity index (χ0n) is 10.5. The van der Waals surface area contributed by atoms with Crippen molar-refractivity contribution in [2.75, 3.05) is 27.2 Å². The van der Waals surface area contributed by atoms with Crippen LogP contribution in [0.1, 0.15) is 19.6 Å². The third-order valence-corrected chi connectivity index (χ3v) is 2.70. The van der Waals surface area contributed by atoms with Gasteiger partial charge in [-0.2, -0.15) is 0 Å². The van der Waals surface area contributed by atoms with Gasteiger partial charge in [0.05, 0.1) is 6.54 Å². The van der Waals surface area contributed by atoms with Gasteiger partial charge >= 0.3 is 0 Å². The molecule has 92 valence electrons. The molecule has 0 aliphatic carbocycles. The molecule has 4 heteroatoms. The van der Waals surface area contributed by atoms with E-state index >= 15 is 0 Å². The van der Waals surface area contributed by atoms with Gasteiger partial charge < -0.3 is 14.6 Å². The summed E-state index contributed by atoms with van der Waals surface area (Å²) >= 11 is 3.30. The summed E-state index contributed by atoms with van der Waals surface area (Å²) in [5.41, 5.74) is 0.271. The molecule has 0 aromatic carbocycles. The highest BCUT2D eigenvalue weighted by Gasteiger charge is 2.18. The molecule has 1 aromatic rings. The molecule has 0 bridgehead atoms. The zero-order valence-corrected chi connectivity index (χ0v) is 12.1. The summed E-state index contributed by atoms with van der Waals surface area (Å²) in [7, 11) is 4.21. The highest BCUT2D eigenvalue weighted by Crippen LogP contribution is 2.16.